The van der Waals surface area contributed by atoms with Crippen LogP contribution in [0, 0.1) is 5.82 Å². The summed E-state index contributed by atoms with van der Waals surface area (Å²) >= 11 is 5.64. The highest BCUT2D eigenvalue weighted by Crippen LogP contribution is 2.24. The molecular formula is C15H12ClFN2O4S. The van der Waals surface area contributed by atoms with E-state index in [1.54, 1.807) is 0 Å². The van der Waals surface area contributed by atoms with Crippen LogP contribution in [0.3, 0.4) is 0 Å². The molecule has 0 bridgehead atoms. The van der Waals surface area contributed by atoms with Gasteiger partial charge in [-0.05, 0) is 42.5 Å². The first-order valence-corrected chi connectivity index (χ1v) is 8.75. The molecule has 1 heterocycles. The van der Waals surface area contributed by atoms with E-state index in [0.29, 0.717) is 18.8 Å². The van der Waals surface area contributed by atoms with Gasteiger partial charge in [-0.1, -0.05) is 11.6 Å². The van der Waals surface area contributed by atoms with Crippen molar-refractivity contribution in [3.63, 3.8) is 0 Å². The third-order valence-electron chi connectivity index (χ3n) is 3.39. The molecule has 2 aromatic carbocycles. The van der Waals surface area contributed by atoms with Crippen LogP contribution in [-0.4, -0.2) is 27.7 Å². The largest absolute Gasteiger partial charge is 0.447 e. The molecule has 1 amide bonds. The molecule has 6 nitrogen and oxygen atoms in total. The van der Waals surface area contributed by atoms with Crippen LogP contribution < -0.4 is 9.62 Å². The van der Waals surface area contributed by atoms with Crippen LogP contribution in [0.1, 0.15) is 0 Å². The second-order valence-electron chi connectivity index (χ2n) is 4.99. The summed E-state index contributed by atoms with van der Waals surface area (Å²) in [6.45, 7) is 0.711. The highest BCUT2D eigenvalue weighted by Gasteiger charge is 2.24. The van der Waals surface area contributed by atoms with Gasteiger partial charge >= 0.3 is 6.09 Å². The number of halogens is 2. The number of cyclic esters (lactones) is 1. The fourth-order valence-electron chi connectivity index (χ4n) is 2.21. The third kappa shape index (κ3) is 3.29. The number of nitrogens with zero attached hydrogens (tertiary/aromatic N) is 1. The number of hydrogen-bond acceptors (Lipinski definition) is 4. The summed E-state index contributed by atoms with van der Waals surface area (Å²) in [5, 5.41) is -0.182. The topological polar surface area (TPSA) is 75.7 Å². The van der Waals surface area contributed by atoms with E-state index in [-0.39, 0.29) is 15.6 Å². The van der Waals surface area contributed by atoms with Crippen molar-refractivity contribution in [1.29, 1.82) is 0 Å². The summed E-state index contributed by atoms with van der Waals surface area (Å²) in [6.07, 6.45) is -0.468. The number of carbonyl (C=O) groups is 1. The molecule has 1 fully saturated rings. The Morgan fingerprint density at radius 3 is 2.46 bits per heavy atom. The SMILES string of the molecule is O=C1OCCN1c1ccc(S(=O)(=O)Nc2ccc(F)c(Cl)c2)cc1. The van der Waals surface area contributed by atoms with E-state index in [1.807, 2.05) is 0 Å². The van der Waals surface area contributed by atoms with Gasteiger partial charge in [0.05, 0.1) is 22.2 Å². The second kappa shape index (κ2) is 6.29. The fraction of sp³-hybridized carbons (Fsp3) is 0.133. The summed E-state index contributed by atoms with van der Waals surface area (Å²) in [4.78, 5) is 12.9. The summed E-state index contributed by atoms with van der Waals surface area (Å²) in [7, 11) is -3.86. The van der Waals surface area contributed by atoms with E-state index in [2.05, 4.69) is 4.72 Å². The summed E-state index contributed by atoms with van der Waals surface area (Å²) in [5.41, 5.74) is 0.690. The quantitative estimate of drug-likeness (QED) is 0.896. The molecule has 1 saturated heterocycles. The van der Waals surface area contributed by atoms with Crippen LogP contribution in [0.2, 0.25) is 5.02 Å². The van der Waals surface area contributed by atoms with Crippen molar-refractivity contribution in [3.05, 3.63) is 53.3 Å². The van der Waals surface area contributed by atoms with Gasteiger partial charge < -0.3 is 4.74 Å². The minimum absolute atomic E-state index is 0.000684. The molecule has 2 aromatic rings. The number of ether oxygens (including phenoxy) is 1. The summed E-state index contributed by atoms with van der Waals surface area (Å²) in [5.74, 6) is -0.638. The van der Waals surface area contributed by atoms with Crippen molar-refractivity contribution in [1.82, 2.24) is 0 Å². The van der Waals surface area contributed by atoms with Gasteiger partial charge in [-0.3, -0.25) is 9.62 Å². The average molecular weight is 371 g/mol. The molecule has 9 heteroatoms. The van der Waals surface area contributed by atoms with Gasteiger partial charge in [0.2, 0.25) is 0 Å². The summed E-state index contributed by atoms with van der Waals surface area (Å²) in [6, 6.07) is 9.29. The van der Waals surface area contributed by atoms with Crippen molar-refractivity contribution >= 4 is 39.1 Å². The minimum Gasteiger partial charge on any atom is -0.447 e. The van der Waals surface area contributed by atoms with E-state index >= 15 is 0 Å². The van der Waals surface area contributed by atoms with E-state index < -0.39 is 21.9 Å². The molecule has 0 aliphatic carbocycles. The van der Waals surface area contributed by atoms with Crippen molar-refractivity contribution in [3.8, 4) is 0 Å². The van der Waals surface area contributed by atoms with Crippen molar-refractivity contribution in [2.24, 2.45) is 0 Å². The van der Waals surface area contributed by atoms with Crippen LogP contribution in [0.4, 0.5) is 20.6 Å². The van der Waals surface area contributed by atoms with Gasteiger partial charge in [0.25, 0.3) is 10.0 Å². The highest BCUT2D eigenvalue weighted by molar-refractivity contribution is 7.92. The maximum absolute atomic E-state index is 13.1. The lowest BCUT2D eigenvalue weighted by Crippen LogP contribution is -2.23. The smallest absolute Gasteiger partial charge is 0.414 e. The van der Waals surface area contributed by atoms with Crippen LogP contribution >= 0.6 is 11.6 Å². The molecule has 24 heavy (non-hydrogen) atoms. The van der Waals surface area contributed by atoms with Crippen molar-refractivity contribution < 1.29 is 22.3 Å². The number of benzene rings is 2. The van der Waals surface area contributed by atoms with E-state index in [4.69, 9.17) is 16.3 Å². The van der Waals surface area contributed by atoms with Gasteiger partial charge in [-0.25, -0.2) is 17.6 Å². The Morgan fingerprint density at radius 2 is 1.88 bits per heavy atom. The maximum atomic E-state index is 13.1. The Balaban J connectivity index is 1.81. The first-order valence-electron chi connectivity index (χ1n) is 6.89. The molecule has 0 radical (unpaired) electrons. The number of carbonyl (C=O) groups excluding carboxylic acids is 1. The van der Waals surface area contributed by atoms with Gasteiger partial charge in [-0.2, -0.15) is 0 Å². The first kappa shape index (κ1) is 16.5. The van der Waals surface area contributed by atoms with Gasteiger partial charge in [-0.15, -0.1) is 0 Å². The molecule has 1 aliphatic heterocycles. The number of amides is 1. The number of sulfonamides is 1. The Morgan fingerprint density at radius 1 is 1.17 bits per heavy atom. The zero-order valence-electron chi connectivity index (χ0n) is 12.2. The minimum atomic E-state index is -3.86. The van der Waals surface area contributed by atoms with Gasteiger partial charge in [0, 0.05) is 5.69 Å². The van der Waals surface area contributed by atoms with Crippen molar-refractivity contribution in [2.45, 2.75) is 4.90 Å². The summed E-state index contributed by atoms with van der Waals surface area (Å²) < 4.78 is 45.0. The van der Waals surface area contributed by atoms with Crippen LogP contribution in [0.5, 0.6) is 0 Å². The maximum Gasteiger partial charge on any atom is 0.414 e. The lowest BCUT2D eigenvalue weighted by atomic mass is 10.3. The number of nitrogens with one attached hydrogen (secondary N) is 1. The third-order valence-corrected chi connectivity index (χ3v) is 5.08. The van der Waals surface area contributed by atoms with E-state index in [0.717, 1.165) is 6.07 Å². The molecule has 126 valence electrons. The predicted molar refractivity (Wildman–Crippen MR) is 87.4 cm³/mol. The zero-order chi connectivity index (χ0) is 17.3. The van der Waals surface area contributed by atoms with E-state index in [1.165, 1.54) is 41.3 Å². The number of anilines is 2. The average Bonchev–Trinajstić information content (AvgIpc) is 2.97. The van der Waals surface area contributed by atoms with Crippen LogP contribution in [0.15, 0.2) is 47.4 Å². The molecule has 3 rings (SSSR count). The normalized spacial score (nSPS) is 14.6. The molecule has 1 aliphatic rings. The van der Waals surface area contributed by atoms with Crippen LogP contribution in [0.25, 0.3) is 0 Å². The van der Waals surface area contributed by atoms with E-state index in [9.17, 15) is 17.6 Å². The van der Waals surface area contributed by atoms with Crippen molar-refractivity contribution in [2.75, 3.05) is 22.8 Å². The molecular weight excluding hydrogens is 359 g/mol. The number of rotatable bonds is 4. The van der Waals surface area contributed by atoms with Gasteiger partial charge in [0.1, 0.15) is 12.4 Å². The lowest BCUT2D eigenvalue weighted by Gasteiger charge is -2.13. The molecule has 0 spiro atoms. The highest BCUT2D eigenvalue weighted by atomic mass is 35.5. The Bertz CT molecular complexity index is 887. The lowest BCUT2D eigenvalue weighted by molar-refractivity contribution is 0.181. The van der Waals surface area contributed by atoms with Crippen LogP contribution in [-0.2, 0) is 14.8 Å². The Hall–Kier alpha value is -2.32. The fourth-order valence-corrected chi connectivity index (χ4v) is 3.44. The molecule has 1 N–H and O–H groups in total. The molecule has 0 aromatic heterocycles. The monoisotopic (exact) mass is 370 g/mol. The molecule has 0 unspecified atom stereocenters. The van der Waals surface area contributed by atoms with Gasteiger partial charge in [0.15, 0.2) is 0 Å². The first-order chi connectivity index (χ1) is 11.4. The second-order valence-corrected chi connectivity index (χ2v) is 7.08. The predicted octanol–water partition coefficient (Wildman–Crippen LogP) is 3.24. The number of hydrogen-bond donors (Lipinski definition) is 1. The Kier molecular flexibility index (Phi) is 4.33. The molecule has 0 atom stereocenters. The standard InChI is InChI=1S/C15H12ClFN2O4S/c16-13-9-10(1-6-14(13)17)18-24(21,22)12-4-2-11(3-5-12)19-7-8-23-15(19)20/h1-6,9,18H,7-8H2. The molecule has 0 saturated carbocycles. The zero-order valence-corrected chi connectivity index (χ0v) is 13.8. The Labute approximate surface area is 142 Å².